The number of nitrogen functional groups attached to an aromatic ring is 1. The minimum Gasteiger partial charge on any atom is -0.399 e. The maximum Gasteiger partial charge on any atom is 0.264 e. The Balaban J connectivity index is 2.44. The standard InChI is InChI=1S/C14H15FN2O2S/c1-9-4-3-5-13(10(9)2)17-20(18,19)14-7-6-11(16)8-12(14)15/h3-8,17H,16H2,1-2H3. The summed E-state index contributed by atoms with van der Waals surface area (Å²) in [5, 5.41) is 0. The molecule has 2 aromatic carbocycles. The Hall–Kier alpha value is -2.08. The van der Waals surface area contributed by atoms with Crippen LogP contribution in [0, 0.1) is 19.7 Å². The second kappa shape index (κ2) is 5.13. The van der Waals surface area contributed by atoms with Crippen molar-refractivity contribution in [3.05, 3.63) is 53.3 Å². The average Bonchev–Trinajstić information content (AvgIpc) is 2.34. The van der Waals surface area contributed by atoms with E-state index in [0.29, 0.717) is 5.69 Å². The van der Waals surface area contributed by atoms with E-state index in [9.17, 15) is 12.8 Å². The van der Waals surface area contributed by atoms with E-state index in [4.69, 9.17) is 5.73 Å². The van der Waals surface area contributed by atoms with Crippen LogP contribution in [0.15, 0.2) is 41.3 Å². The van der Waals surface area contributed by atoms with Gasteiger partial charge >= 0.3 is 0 Å². The number of benzene rings is 2. The van der Waals surface area contributed by atoms with Gasteiger partial charge in [0.25, 0.3) is 10.0 Å². The summed E-state index contributed by atoms with van der Waals surface area (Å²) in [6.07, 6.45) is 0. The third-order valence-corrected chi connectivity index (χ3v) is 4.49. The molecule has 4 nitrogen and oxygen atoms in total. The van der Waals surface area contributed by atoms with Gasteiger partial charge in [-0.1, -0.05) is 12.1 Å². The third kappa shape index (κ3) is 2.75. The quantitative estimate of drug-likeness (QED) is 0.855. The molecule has 0 aliphatic rings. The van der Waals surface area contributed by atoms with Gasteiger partial charge in [-0.25, -0.2) is 12.8 Å². The first-order chi connectivity index (χ1) is 9.31. The van der Waals surface area contributed by atoms with E-state index in [1.165, 1.54) is 6.07 Å². The summed E-state index contributed by atoms with van der Waals surface area (Å²) < 4.78 is 40.5. The van der Waals surface area contributed by atoms with E-state index in [1.807, 2.05) is 13.0 Å². The molecule has 106 valence electrons. The largest absolute Gasteiger partial charge is 0.399 e. The fraction of sp³-hybridized carbons (Fsp3) is 0.143. The Morgan fingerprint density at radius 1 is 1.15 bits per heavy atom. The monoisotopic (exact) mass is 294 g/mol. The van der Waals surface area contributed by atoms with Gasteiger partial charge in [0, 0.05) is 5.69 Å². The summed E-state index contributed by atoms with van der Waals surface area (Å²) >= 11 is 0. The van der Waals surface area contributed by atoms with Crippen molar-refractivity contribution in [2.24, 2.45) is 0 Å². The van der Waals surface area contributed by atoms with Crippen molar-refractivity contribution in [1.82, 2.24) is 0 Å². The Bertz CT molecular complexity index is 758. The number of nitrogens with two attached hydrogens (primary N) is 1. The molecule has 2 rings (SSSR count). The van der Waals surface area contributed by atoms with Crippen LogP contribution < -0.4 is 10.5 Å². The van der Waals surface area contributed by atoms with Crippen molar-refractivity contribution in [3.8, 4) is 0 Å². The molecule has 0 aliphatic carbocycles. The highest BCUT2D eigenvalue weighted by Crippen LogP contribution is 2.24. The van der Waals surface area contributed by atoms with Gasteiger partial charge in [0.2, 0.25) is 0 Å². The molecule has 0 radical (unpaired) electrons. The number of anilines is 2. The van der Waals surface area contributed by atoms with Gasteiger partial charge in [0.1, 0.15) is 10.7 Å². The van der Waals surface area contributed by atoms with Crippen LogP contribution in [0.4, 0.5) is 15.8 Å². The first kappa shape index (κ1) is 14.3. The third-order valence-electron chi connectivity index (χ3n) is 3.09. The first-order valence-corrected chi connectivity index (χ1v) is 7.43. The van der Waals surface area contributed by atoms with E-state index in [2.05, 4.69) is 4.72 Å². The van der Waals surface area contributed by atoms with Crippen molar-refractivity contribution in [3.63, 3.8) is 0 Å². The van der Waals surface area contributed by atoms with Crippen LogP contribution in [0.25, 0.3) is 0 Å². The molecule has 0 spiro atoms. The summed E-state index contributed by atoms with van der Waals surface area (Å²) in [6, 6.07) is 8.72. The molecule has 0 fully saturated rings. The lowest BCUT2D eigenvalue weighted by molar-refractivity contribution is 0.571. The Labute approximate surface area is 117 Å². The predicted octanol–water partition coefficient (Wildman–Crippen LogP) is 2.83. The highest BCUT2D eigenvalue weighted by atomic mass is 32.2. The Morgan fingerprint density at radius 2 is 1.85 bits per heavy atom. The summed E-state index contributed by atoms with van der Waals surface area (Å²) in [6.45, 7) is 3.67. The highest BCUT2D eigenvalue weighted by Gasteiger charge is 2.20. The number of rotatable bonds is 3. The molecule has 0 atom stereocenters. The Kier molecular flexibility index (Phi) is 3.67. The minimum absolute atomic E-state index is 0.174. The van der Waals surface area contributed by atoms with Crippen molar-refractivity contribution < 1.29 is 12.8 Å². The zero-order valence-electron chi connectivity index (χ0n) is 11.1. The number of hydrogen-bond acceptors (Lipinski definition) is 3. The van der Waals surface area contributed by atoms with Gasteiger partial charge in [-0.2, -0.15) is 0 Å². The molecule has 6 heteroatoms. The predicted molar refractivity (Wildman–Crippen MR) is 77.5 cm³/mol. The van der Waals surface area contributed by atoms with Crippen LogP contribution in [0.2, 0.25) is 0 Å². The molecular formula is C14H15FN2O2S. The summed E-state index contributed by atoms with van der Waals surface area (Å²) in [4.78, 5) is -0.424. The van der Waals surface area contributed by atoms with Crippen LogP contribution in [0.5, 0.6) is 0 Å². The molecular weight excluding hydrogens is 279 g/mol. The SMILES string of the molecule is Cc1cccc(NS(=O)(=O)c2ccc(N)cc2F)c1C. The van der Waals surface area contributed by atoms with Crippen LogP contribution in [-0.2, 0) is 10.0 Å². The van der Waals surface area contributed by atoms with Gasteiger partial charge in [-0.15, -0.1) is 0 Å². The Morgan fingerprint density at radius 3 is 2.50 bits per heavy atom. The lowest BCUT2D eigenvalue weighted by atomic mass is 10.1. The fourth-order valence-electron chi connectivity index (χ4n) is 1.80. The number of aryl methyl sites for hydroxylation is 1. The molecule has 0 aliphatic heterocycles. The zero-order chi connectivity index (χ0) is 14.9. The molecule has 0 heterocycles. The molecule has 0 saturated carbocycles. The van der Waals surface area contributed by atoms with Gasteiger partial charge in [-0.05, 0) is 49.2 Å². The highest BCUT2D eigenvalue weighted by molar-refractivity contribution is 7.92. The topological polar surface area (TPSA) is 72.2 Å². The van der Waals surface area contributed by atoms with E-state index in [1.54, 1.807) is 19.1 Å². The number of hydrogen-bond donors (Lipinski definition) is 2. The van der Waals surface area contributed by atoms with E-state index >= 15 is 0 Å². The summed E-state index contributed by atoms with van der Waals surface area (Å²) in [7, 11) is -3.98. The van der Waals surface area contributed by atoms with Crippen molar-refractivity contribution in [1.29, 1.82) is 0 Å². The molecule has 0 aromatic heterocycles. The maximum absolute atomic E-state index is 13.7. The maximum atomic E-state index is 13.7. The summed E-state index contributed by atoms with van der Waals surface area (Å²) in [5.41, 5.74) is 7.76. The number of sulfonamides is 1. The molecule has 0 bridgehead atoms. The van der Waals surface area contributed by atoms with Crippen molar-refractivity contribution >= 4 is 21.4 Å². The van der Waals surface area contributed by atoms with Crippen molar-refractivity contribution in [2.75, 3.05) is 10.5 Å². The molecule has 20 heavy (non-hydrogen) atoms. The average molecular weight is 294 g/mol. The molecule has 0 unspecified atom stereocenters. The number of nitrogens with one attached hydrogen (secondary N) is 1. The van der Waals surface area contributed by atoms with Gasteiger partial charge in [-0.3, -0.25) is 4.72 Å². The molecule has 0 saturated heterocycles. The minimum atomic E-state index is -3.98. The lowest BCUT2D eigenvalue weighted by Gasteiger charge is -2.12. The van der Waals surface area contributed by atoms with Crippen LogP contribution >= 0.6 is 0 Å². The van der Waals surface area contributed by atoms with E-state index < -0.39 is 20.7 Å². The molecule has 3 N–H and O–H groups in total. The fourth-order valence-corrected chi connectivity index (χ4v) is 2.98. The smallest absolute Gasteiger partial charge is 0.264 e. The van der Waals surface area contributed by atoms with Crippen LogP contribution in [0.3, 0.4) is 0 Å². The van der Waals surface area contributed by atoms with Crippen LogP contribution in [-0.4, -0.2) is 8.42 Å². The normalized spacial score (nSPS) is 11.3. The van der Waals surface area contributed by atoms with Gasteiger partial charge < -0.3 is 5.73 Å². The van der Waals surface area contributed by atoms with E-state index in [-0.39, 0.29) is 5.69 Å². The second-order valence-corrected chi connectivity index (χ2v) is 6.19. The zero-order valence-corrected chi connectivity index (χ0v) is 12.0. The van der Waals surface area contributed by atoms with E-state index in [0.717, 1.165) is 23.3 Å². The van der Waals surface area contributed by atoms with Gasteiger partial charge in [0.15, 0.2) is 0 Å². The first-order valence-electron chi connectivity index (χ1n) is 5.95. The van der Waals surface area contributed by atoms with Gasteiger partial charge in [0.05, 0.1) is 5.69 Å². The number of halogens is 1. The van der Waals surface area contributed by atoms with Crippen LogP contribution in [0.1, 0.15) is 11.1 Å². The van der Waals surface area contributed by atoms with Crippen molar-refractivity contribution in [2.45, 2.75) is 18.7 Å². The lowest BCUT2D eigenvalue weighted by Crippen LogP contribution is -2.15. The molecule has 2 aromatic rings. The second-order valence-electron chi connectivity index (χ2n) is 4.54. The summed E-state index contributed by atoms with van der Waals surface area (Å²) in [5.74, 6) is -0.872. The molecule has 0 amide bonds.